The van der Waals surface area contributed by atoms with Gasteiger partial charge in [-0.3, -0.25) is 9.59 Å². The normalized spacial score (nSPS) is 21.1. The molecule has 1 heterocycles. The smallest absolute Gasteiger partial charge is 0.306 e. The number of carbonyl (C=O) groups excluding carboxylic acids is 2. The Balaban J connectivity index is 2.35. The quantitative estimate of drug-likeness (QED) is 0.0371. The van der Waals surface area contributed by atoms with Gasteiger partial charge in [-0.1, -0.05) is 168 Å². The van der Waals surface area contributed by atoms with Gasteiger partial charge >= 0.3 is 11.9 Å². The third-order valence-corrected chi connectivity index (χ3v) is 9.99. The molecule has 0 aromatic rings. The van der Waals surface area contributed by atoms with E-state index >= 15 is 0 Å². The van der Waals surface area contributed by atoms with Crippen molar-refractivity contribution in [2.75, 3.05) is 19.8 Å². The maximum absolute atomic E-state index is 12.7. The van der Waals surface area contributed by atoms with Crippen LogP contribution in [-0.2, 0) is 28.5 Å². The predicted molar refractivity (Wildman–Crippen MR) is 201 cm³/mol. The van der Waals surface area contributed by atoms with Crippen molar-refractivity contribution in [1.29, 1.82) is 0 Å². The van der Waals surface area contributed by atoms with E-state index in [1.807, 2.05) is 0 Å². The lowest BCUT2D eigenvalue weighted by molar-refractivity contribution is -0.305. The number of unbranched alkanes of at least 4 members (excludes halogenated alkanes) is 24. The first-order valence-corrected chi connectivity index (χ1v) is 21.1. The van der Waals surface area contributed by atoms with Crippen molar-refractivity contribution in [2.24, 2.45) is 0 Å². The molecule has 1 aliphatic rings. The number of rotatable bonds is 35. The van der Waals surface area contributed by atoms with Crippen LogP contribution >= 0.6 is 0 Å². The van der Waals surface area contributed by atoms with Crippen LogP contribution in [0.3, 0.4) is 0 Å². The van der Waals surface area contributed by atoms with Crippen molar-refractivity contribution in [3.8, 4) is 0 Å². The summed E-state index contributed by atoms with van der Waals surface area (Å²) in [7, 11) is 0. The summed E-state index contributed by atoms with van der Waals surface area (Å²) >= 11 is 0. The van der Waals surface area contributed by atoms with Gasteiger partial charge in [0.05, 0.1) is 13.2 Å². The summed E-state index contributed by atoms with van der Waals surface area (Å²) in [4.78, 5) is 25.2. The lowest BCUT2D eigenvalue weighted by Crippen LogP contribution is -2.59. The van der Waals surface area contributed by atoms with Crippen LogP contribution in [0.25, 0.3) is 0 Å². The van der Waals surface area contributed by atoms with Gasteiger partial charge in [-0.15, -0.1) is 0 Å². The maximum Gasteiger partial charge on any atom is 0.306 e. The van der Waals surface area contributed by atoms with Gasteiger partial charge in [-0.25, -0.2) is 0 Å². The third kappa shape index (κ3) is 25.4. The highest BCUT2D eigenvalue weighted by molar-refractivity contribution is 5.70. The summed E-state index contributed by atoms with van der Waals surface area (Å²) in [5.74, 6) is -0.795. The molecule has 0 amide bonds. The first-order valence-electron chi connectivity index (χ1n) is 21.1. The number of ether oxygens (including phenoxy) is 4. The molecule has 2 unspecified atom stereocenters. The van der Waals surface area contributed by atoms with Gasteiger partial charge in [0.25, 0.3) is 0 Å². The van der Waals surface area contributed by atoms with Crippen molar-refractivity contribution in [3.63, 3.8) is 0 Å². The Morgan fingerprint density at radius 1 is 0.529 bits per heavy atom. The third-order valence-electron chi connectivity index (χ3n) is 9.99. The van der Waals surface area contributed by atoms with Crippen molar-refractivity contribution < 1.29 is 49.0 Å². The zero-order valence-electron chi connectivity index (χ0n) is 32.6. The lowest BCUT2D eigenvalue weighted by Gasteiger charge is -2.39. The second-order valence-corrected chi connectivity index (χ2v) is 14.8. The number of esters is 2. The minimum atomic E-state index is -1.59. The lowest BCUT2D eigenvalue weighted by atomic mass is 9.99. The van der Waals surface area contributed by atoms with Crippen molar-refractivity contribution in [1.82, 2.24) is 0 Å². The van der Waals surface area contributed by atoms with E-state index in [9.17, 15) is 30.0 Å². The van der Waals surface area contributed by atoms with E-state index in [0.29, 0.717) is 6.42 Å². The molecular weight excluding hydrogens is 652 g/mol. The summed E-state index contributed by atoms with van der Waals surface area (Å²) < 4.78 is 22.1. The van der Waals surface area contributed by atoms with Crippen LogP contribution in [0.5, 0.6) is 0 Å². The zero-order chi connectivity index (χ0) is 37.4. The summed E-state index contributed by atoms with van der Waals surface area (Å²) in [6.45, 7) is 3.43. The second-order valence-electron chi connectivity index (χ2n) is 14.8. The van der Waals surface area contributed by atoms with E-state index in [0.717, 1.165) is 38.5 Å². The van der Waals surface area contributed by atoms with Gasteiger partial charge < -0.3 is 39.4 Å². The number of aliphatic hydroxyl groups excluding tert-OH is 4. The van der Waals surface area contributed by atoms with Crippen molar-refractivity contribution in [2.45, 2.75) is 230 Å². The largest absolute Gasteiger partial charge is 0.462 e. The summed E-state index contributed by atoms with van der Waals surface area (Å²) in [6, 6.07) is 0. The summed E-state index contributed by atoms with van der Waals surface area (Å²) in [6.07, 6.45) is 23.9. The Hall–Kier alpha value is -1.30. The second kappa shape index (κ2) is 33.3. The molecule has 0 bridgehead atoms. The van der Waals surface area contributed by atoms with Crippen LogP contribution in [0.4, 0.5) is 0 Å². The van der Waals surface area contributed by atoms with Gasteiger partial charge in [0.1, 0.15) is 31.0 Å². The van der Waals surface area contributed by atoms with Crippen LogP contribution in [0.1, 0.15) is 194 Å². The standard InChI is InChI=1S/C41H78O10/c1-3-5-7-9-11-13-15-17-19-21-23-25-27-29-36(43)48-32-34(33-49-41-40(47)39(46)38(45)35(31-42)51-41)50-37(44)30-28-26-24-22-20-18-16-14-12-10-8-6-4-2/h34-35,38-42,45-47H,3-33H2,1-2H3/t34?,35-,38-,39+,40-,41?/m1/s1. The van der Waals surface area contributed by atoms with Crippen LogP contribution < -0.4 is 0 Å². The monoisotopic (exact) mass is 731 g/mol. The Morgan fingerprint density at radius 3 is 1.33 bits per heavy atom. The molecule has 0 spiro atoms. The summed E-state index contributed by atoms with van der Waals surface area (Å²) in [5.41, 5.74) is 0. The molecule has 302 valence electrons. The molecule has 10 heteroatoms. The highest BCUT2D eigenvalue weighted by atomic mass is 16.7. The highest BCUT2D eigenvalue weighted by Gasteiger charge is 2.44. The van der Waals surface area contributed by atoms with Crippen molar-refractivity contribution >= 4 is 11.9 Å². The van der Waals surface area contributed by atoms with Gasteiger partial charge in [0.15, 0.2) is 12.4 Å². The van der Waals surface area contributed by atoms with E-state index in [1.54, 1.807) is 0 Å². The van der Waals surface area contributed by atoms with E-state index in [1.165, 1.54) is 122 Å². The molecule has 0 saturated carbocycles. The fourth-order valence-corrected chi connectivity index (χ4v) is 6.60. The number of hydrogen-bond donors (Lipinski definition) is 4. The van der Waals surface area contributed by atoms with Gasteiger partial charge in [-0.2, -0.15) is 0 Å². The Bertz CT molecular complexity index is 809. The van der Waals surface area contributed by atoms with Crippen LogP contribution in [0.2, 0.25) is 0 Å². The SMILES string of the molecule is CCCCCCCCCCCCCCCC(=O)OCC(COC1O[C@H](CO)[C@@H](O)[C@H](O)[C@H]1O)OC(=O)CCCCCCCCCCCCCCC. The maximum atomic E-state index is 12.7. The first-order chi connectivity index (χ1) is 24.8. The van der Waals surface area contributed by atoms with E-state index in [-0.39, 0.29) is 32.0 Å². The molecule has 4 N–H and O–H groups in total. The Morgan fingerprint density at radius 2 is 0.922 bits per heavy atom. The molecule has 51 heavy (non-hydrogen) atoms. The average Bonchev–Trinajstić information content (AvgIpc) is 3.13. The first kappa shape index (κ1) is 47.7. The van der Waals surface area contributed by atoms with E-state index in [4.69, 9.17) is 18.9 Å². The topological polar surface area (TPSA) is 152 Å². The molecule has 6 atom stereocenters. The predicted octanol–water partition coefficient (Wildman–Crippen LogP) is 8.22. The molecule has 1 fully saturated rings. The molecule has 1 saturated heterocycles. The molecule has 10 nitrogen and oxygen atoms in total. The van der Waals surface area contributed by atoms with Crippen LogP contribution in [0, 0.1) is 0 Å². The number of hydrogen-bond acceptors (Lipinski definition) is 10. The molecule has 1 aliphatic heterocycles. The molecule has 0 radical (unpaired) electrons. The fourth-order valence-electron chi connectivity index (χ4n) is 6.60. The van der Waals surface area contributed by atoms with E-state index < -0.39 is 49.4 Å². The van der Waals surface area contributed by atoms with Crippen LogP contribution in [0.15, 0.2) is 0 Å². The molecule has 0 aromatic heterocycles. The Labute approximate surface area is 310 Å². The van der Waals surface area contributed by atoms with Crippen LogP contribution in [-0.4, -0.2) is 89.0 Å². The molecule has 0 aromatic carbocycles. The zero-order valence-corrected chi connectivity index (χ0v) is 32.6. The fraction of sp³-hybridized carbons (Fsp3) is 0.951. The molecular formula is C41H78O10. The molecule has 1 rings (SSSR count). The Kier molecular flexibility index (Phi) is 31.1. The highest BCUT2D eigenvalue weighted by Crippen LogP contribution is 2.23. The minimum absolute atomic E-state index is 0.209. The van der Waals surface area contributed by atoms with Gasteiger partial charge in [0.2, 0.25) is 0 Å². The van der Waals surface area contributed by atoms with Gasteiger partial charge in [-0.05, 0) is 12.8 Å². The van der Waals surface area contributed by atoms with Crippen molar-refractivity contribution in [3.05, 3.63) is 0 Å². The average molecular weight is 731 g/mol. The summed E-state index contributed by atoms with van der Waals surface area (Å²) in [5, 5.41) is 40.0. The van der Waals surface area contributed by atoms with E-state index in [2.05, 4.69) is 13.8 Å². The van der Waals surface area contributed by atoms with Gasteiger partial charge in [0, 0.05) is 12.8 Å². The number of carbonyl (C=O) groups is 2. The number of aliphatic hydroxyl groups is 4. The molecule has 0 aliphatic carbocycles. The minimum Gasteiger partial charge on any atom is -0.462 e.